The van der Waals surface area contributed by atoms with Crippen molar-refractivity contribution in [2.24, 2.45) is 17.6 Å². The number of amides is 4. The summed E-state index contributed by atoms with van der Waals surface area (Å²) in [6.45, 7) is 8.34. The molecule has 132 valence electrons. The van der Waals surface area contributed by atoms with E-state index in [4.69, 9.17) is 5.73 Å². The Kier molecular flexibility index (Phi) is 8.90. The molecule has 0 spiro atoms. The second-order valence-corrected chi connectivity index (χ2v) is 5.98. The smallest absolute Gasteiger partial charge is 0.243 e. The number of nitrogens with two attached hydrogens (primary N) is 1. The van der Waals surface area contributed by atoms with Gasteiger partial charge in [-0.1, -0.05) is 34.1 Å². The van der Waals surface area contributed by atoms with Gasteiger partial charge >= 0.3 is 0 Å². The van der Waals surface area contributed by atoms with Crippen molar-refractivity contribution in [1.29, 1.82) is 0 Å². The quantitative estimate of drug-likeness (QED) is 0.445. The van der Waals surface area contributed by atoms with Gasteiger partial charge in [-0.05, 0) is 11.8 Å². The summed E-state index contributed by atoms with van der Waals surface area (Å²) in [6.07, 6.45) is 0.654. The zero-order valence-corrected chi connectivity index (χ0v) is 14.4. The van der Waals surface area contributed by atoms with Crippen LogP contribution in [-0.4, -0.2) is 42.3 Å². The molecule has 4 amide bonds. The van der Waals surface area contributed by atoms with E-state index >= 15 is 0 Å². The molecule has 0 aromatic carbocycles. The minimum Gasteiger partial charge on any atom is -0.368 e. The topological polar surface area (TPSA) is 130 Å². The maximum Gasteiger partial charge on any atom is 0.243 e. The maximum atomic E-state index is 12.4. The van der Waals surface area contributed by atoms with Crippen molar-refractivity contribution in [3.63, 3.8) is 0 Å². The summed E-state index contributed by atoms with van der Waals surface area (Å²) in [5.74, 6) is -2.17. The first-order valence-corrected chi connectivity index (χ1v) is 7.73. The lowest BCUT2D eigenvalue weighted by Gasteiger charge is -2.27. The molecule has 0 rings (SSSR count). The van der Waals surface area contributed by atoms with Crippen molar-refractivity contribution < 1.29 is 19.2 Å². The highest BCUT2D eigenvalue weighted by Crippen LogP contribution is 2.10. The van der Waals surface area contributed by atoms with E-state index in [1.54, 1.807) is 13.8 Å². The van der Waals surface area contributed by atoms with Gasteiger partial charge in [0, 0.05) is 6.92 Å². The average Bonchev–Trinajstić information content (AvgIpc) is 2.46. The Morgan fingerprint density at radius 3 is 1.91 bits per heavy atom. The van der Waals surface area contributed by atoms with Crippen LogP contribution < -0.4 is 21.7 Å². The Hall–Kier alpha value is -2.12. The van der Waals surface area contributed by atoms with Crippen LogP contribution in [0.1, 0.15) is 41.0 Å². The molecule has 0 saturated heterocycles. The molecule has 0 radical (unpaired) electrons. The molecule has 0 aliphatic heterocycles. The summed E-state index contributed by atoms with van der Waals surface area (Å²) < 4.78 is 0. The molecule has 0 aliphatic rings. The molecule has 5 N–H and O–H groups in total. The van der Waals surface area contributed by atoms with Crippen LogP contribution >= 0.6 is 0 Å². The SMILES string of the molecule is CCC(C)C(NC(=O)C(NC(C)=O)C(C)C)C(=O)NCC(N)=O. The zero-order valence-electron chi connectivity index (χ0n) is 14.4. The molecular weight excluding hydrogens is 300 g/mol. The minimum absolute atomic E-state index is 0.134. The van der Waals surface area contributed by atoms with Crippen molar-refractivity contribution in [2.75, 3.05) is 6.54 Å². The lowest BCUT2D eigenvalue weighted by atomic mass is 9.96. The first-order valence-electron chi connectivity index (χ1n) is 7.73. The van der Waals surface area contributed by atoms with Gasteiger partial charge in [0.2, 0.25) is 23.6 Å². The summed E-state index contributed by atoms with van der Waals surface area (Å²) in [7, 11) is 0. The van der Waals surface area contributed by atoms with E-state index in [9.17, 15) is 19.2 Å². The highest BCUT2D eigenvalue weighted by atomic mass is 16.2. The molecular formula is C15H28N4O4. The van der Waals surface area contributed by atoms with Crippen LogP contribution in [-0.2, 0) is 19.2 Å². The number of primary amides is 1. The van der Waals surface area contributed by atoms with Gasteiger partial charge in [0.15, 0.2) is 0 Å². The molecule has 0 heterocycles. The van der Waals surface area contributed by atoms with Crippen molar-refractivity contribution in [3.8, 4) is 0 Å². The Labute approximate surface area is 136 Å². The summed E-state index contributed by atoms with van der Waals surface area (Å²) in [6, 6.07) is -1.54. The van der Waals surface area contributed by atoms with Crippen molar-refractivity contribution in [1.82, 2.24) is 16.0 Å². The predicted octanol–water partition coefficient (Wildman–Crippen LogP) is -0.720. The fourth-order valence-electron chi connectivity index (χ4n) is 1.98. The molecule has 8 nitrogen and oxygen atoms in total. The van der Waals surface area contributed by atoms with Gasteiger partial charge in [-0.25, -0.2) is 0 Å². The zero-order chi connectivity index (χ0) is 18.2. The molecule has 0 fully saturated rings. The summed E-state index contributed by atoms with van der Waals surface area (Å²) in [4.78, 5) is 46.6. The van der Waals surface area contributed by atoms with Crippen molar-refractivity contribution in [2.45, 2.75) is 53.1 Å². The highest BCUT2D eigenvalue weighted by molar-refractivity contribution is 5.93. The third-order valence-corrected chi connectivity index (χ3v) is 3.54. The number of carbonyl (C=O) groups is 4. The Balaban J connectivity index is 5.05. The van der Waals surface area contributed by atoms with E-state index < -0.39 is 29.8 Å². The molecule has 23 heavy (non-hydrogen) atoms. The molecule has 3 atom stereocenters. The molecule has 3 unspecified atom stereocenters. The van der Waals surface area contributed by atoms with Gasteiger partial charge in [-0.15, -0.1) is 0 Å². The number of carbonyl (C=O) groups excluding carboxylic acids is 4. The normalized spacial score (nSPS) is 14.5. The second-order valence-electron chi connectivity index (χ2n) is 5.98. The number of hydrogen-bond acceptors (Lipinski definition) is 4. The van der Waals surface area contributed by atoms with E-state index in [0.29, 0.717) is 6.42 Å². The van der Waals surface area contributed by atoms with Crippen molar-refractivity contribution in [3.05, 3.63) is 0 Å². The van der Waals surface area contributed by atoms with Crippen molar-refractivity contribution >= 4 is 23.6 Å². The second kappa shape index (κ2) is 9.81. The molecule has 0 aromatic heterocycles. The van der Waals surface area contributed by atoms with Crippen LogP contribution in [0.3, 0.4) is 0 Å². The molecule has 0 aromatic rings. The highest BCUT2D eigenvalue weighted by Gasteiger charge is 2.30. The lowest BCUT2D eigenvalue weighted by molar-refractivity contribution is -0.133. The third kappa shape index (κ3) is 7.62. The van der Waals surface area contributed by atoms with Gasteiger partial charge < -0.3 is 21.7 Å². The molecule has 0 aliphatic carbocycles. The Bertz CT molecular complexity index is 451. The van der Waals surface area contributed by atoms with Gasteiger partial charge in [-0.3, -0.25) is 19.2 Å². The predicted molar refractivity (Wildman–Crippen MR) is 86.0 cm³/mol. The molecule has 0 bridgehead atoms. The molecule has 0 saturated carbocycles. The van der Waals surface area contributed by atoms with E-state index in [2.05, 4.69) is 16.0 Å². The summed E-state index contributed by atoms with van der Waals surface area (Å²) in [5, 5.41) is 7.63. The average molecular weight is 328 g/mol. The number of rotatable bonds is 9. The lowest BCUT2D eigenvalue weighted by Crippen LogP contribution is -2.57. The van der Waals surface area contributed by atoms with Gasteiger partial charge in [0.05, 0.1) is 6.54 Å². The van der Waals surface area contributed by atoms with Crippen LogP contribution in [0.5, 0.6) is 0 Å². The first-order chi connectivity index (χ1) is 10.6. The number of hydrogen-bond donors (Lipinski definition) is 4. The first kappa shape index (κ1) is 20.9. The third-order valence-electron chi connectivity index (χ3n) is 3.54. The maximum absolute atomic E-state index is 12.4. The minimum atomic E-state index is -0.804. The Morgan fingerprint density at radius 2 is 1.52 bits per heavy atom. The summed E-state index contributed by atoms with van der Waals surface area (Å²) >= 11 is 0. The van der Waals surface area contributed by atoms with Gasteiger partial charge in [-0.2, -0.15) is 0 Å². The number of nitrogens with one attached hydrogen (secondary N) is 3. The van der Waals surface area contributed by atoms with Crippen LogP contribution in [0.2, 0.25) is 0 Å². The largest absolute Gasteiger partial charge is 0.368 e. The fourth-order valence-corrected chi connectivity index (χ4v) is 1.98. The van der Waals surface area contributed by atoms with Crippen LogP contribution in [0.4, 0.5) is 0 Å². The summed E-state index contributed by atoms with van der Waals surface area (Å²) in [5.41, 5.74) is 5.01. The van der Waals surface area contributed by atoms with Crippen LogP contribution in [0.25, 0.3) is 0 Å². The van der Waals surface area contributed by atoms with Crippen LogP contribution in [0.15, 0.2) is 0 Å². The monoisotopic (exact) mass is 328 g/mol. The molecule has 8 heteroatoms. The van der Waals surface area contributed by atoms with E-state index in [1.165, 1.54) is 6.92 Å². The van der Waals surface area contributed by atoms with Crippen LogP contribution in [0, 0.1) is 11.8 Å². The fraction of sp³-hybridized carbons (Fsp3) is 0.733. The van der Waals surface area contributed by atoms with Gasteiger partial charge in [0.25, 0.3) is 0 Å². The Morgan fingerprint density at radius 1 is 0.957 bits per heavy atom. The van der Waals surface area contributed by atoms with E-state index in [1.807, 2.05) is 13.8 Å². The van der Waals surface area contributed by atoms with Gasteiger partial charge in [0.1, 0.15) is 12.1 Å². The standard InChI is InChI=1S/C15H28N4O4/c1-6-9(4)13(14(22)17-7-11(16)21)19-15(23)12(8(2)3)18-10(5)20/h8-9,12-13H,6-7H2,1-5H3,(H2,16,21)(H,17,22)(H,18,20)(H,19,23). The van der Waals surface area contributed by atoms with E-state index in [-0.39, 0.29) is 24.3 Å². The van der Waals surface area contributed by atoms with E-state index in [0.717, 1.165) is 0 Å².